The number of hydrogen-bond acceptors (Lipinski definition) is 7. The van der Waals surface area contributed by atoms with Crippen LogP contribution < -0.4 is 4.72 Å². The molecule has 0 unspecified atom stereocenters. The van der Waals surface area contributed by atoms with E-state index in [0.717, 1.165) is 29.6 Å². The highest BCUT2D eigenvalue weighted by Crippen LogP contribution is 2.35. The summed E-state index contributed by atoms with van der Waals surface area (Å²) >= 11 is 1.26. The van der Waals surface area contributed by atoms with Crippen molar-refractivity contribution in [3.63, 3.8) is 0 Å². The normalized spacial score (nSPS) is 24.4. The van der Waals surface area contributed by atoms with Gasteiger partial charge in [-0.1, -0.05) is 0 Å². The Balaban J connectivity index is 0.000000755. The Hall–Kier alpha value is -2.03. The van der Waals surface area contributed by atoms with Gasteiger partial charge in [0.15, 0.2) is 0 Å². The van der Waals surface area contributed by atoms with E-state index >= 15 is 0 Å². The zero-order valence-corrected chi connectivity index (χ0v) is 17.8. The number of thiophene rings is 1. The number of aryl methyl sites for hydroxylation is 1. The van der Waals surface area contributed by atoms with Gasteiger partial charge in [0.05, 0.1) is 24.3 Å². The van der Waals surface area contributed by atoms with Gasteiger partial charge in [0.1, 0.15) is 4.21 Å². The molecular formula is C19H23N3O5S2. The lowest BCUT2D eigenvalue weighted by molar-refractivity contribution is -0.122. The number of benzene rings is 1. The van der Waals surface area contributed by atoms with Crippen LogP contribution in [0.4, 0.5) is 0 Å². The van der Waals surface area contributed by atoms with Gasteiger partial charge in [-0.25, -0.2) is 13.1 Å². The Morgan fingerprint density at radius 3 is 2.83 bits per heavy atom. The highest BCUT2D eigenvalue weighted by molar-refractivity contribution is 7.91. The lowest BCUT2D eigenvalue weighted by atomic mass is 10.1. The van der Waals surface area contributed by atoms with Crippen molar-refractivity contribution in [2.24, 2.45) is 0 Å². The van der Waals surface area contributed by atoms with Crippen LogP contribution in [0.1, 0.15) is 24.5 Å². The minimum atomic E-state index is -3.59. The first kappa shape index (κ1) is 21.7. The van der Waals surface area contributed by atoms with E-state index in [2.05, 4.69) is 15.7 Å². The van der Waals surface area contributed by atoms with Gasteiger partial charge in [0.25, 0.3) is 16.5 Å². The summed E-state index contributed by atoms with van der Waals surface area (Å²) in [6.07, 6.45) is 0.967. The molecule has 1 aromatic heterocycles. The van der Waals surface area contributed by atoms with Crippen molar-refractivity contribution in [2.45, 2.75) is 42.7 Å². The fourth-order valence-corrected chi connectivity index (χ4v) is 6.93. The molecule has 8 nitrogen and oxygen atoms in total. The maximum atomic E-state index is 13.0. The predicted molar refractivity (Wildman–Crippen MR) is 109 cm³/mol. The molecule has 2 aliphatic heterocycles. The number of morpholine rings is 1. The SMILES string of the molecule is Cc1c(S(=O)(=O)N[C@@H]2C[C@H]3CO[C@H](C)CN3C2)sc2ccc(C#N)cc12.O=CO. The Labute approximate surface area is 173 Å². The average molecular weight is 438 g/mol. The third-order valence-electron chi connectivity index (χ3n) is 5.18. The third kappa shape index (κ3) is 4.60. The number of carboxylic acid groups (broad SMARTS) is 1. The summed E-state index contributed by atoms with van der Waals surface area (Å²) in [7, 11) is -3.59. The number of hydrogen-bond donors (Lipinski definition) is 2. The Morgan fingerprint density at radius 1 is 1.41 bits per heavy atom. The minimum absolute atomic E-state index is 0.0989. The fraction of sp³-hybridized carbons (Fsp3) is 0.474. The fourth-order valence-electron chi connectivity index (χ4n) is 3.92. The molecular weight excluding hydrogens is 414 g/mol. The topological polar surface area (TPSA) is 120 Å². The lowest BCUT2D eigenvalue weighted by Gasteiger charge is -2.33. The summed E-state index contributed by atoms with van der Waals surface area (Å²) < 4.78 is 35.8. The van der Waals surface area contributed by atoms with E-state index < -0.39 is 10.0 Å². The number of rotatable bonds is 3. The van der Waals surface area contributed by atoms with Crippen LogP contribution in [0, 0.1) is 18.3 Å². The highest BCUT2D eigenvalue weighted by atomic mass is 32.2. The second kappa shape index (κ2) is 8.77. The summed E-state index contributed by atoms with van der Waals surface area (Å²) in [6.45, 7) is 5.84. The maximum Gasteiger partial charge on any atom is 0.290 e. The van der Waals surface area contributed by atoms with E-state index in [1.807, 2.05) is 19.9 Å². The second-order valence-electron chi connectivity index (χ2n) is 7.25. The number of ether oxygens (including phenoxy) is 1. The van der Waals surface area contributed by atoms with E-state index in [1.165, 1.54) is 11.3 Å². The number of carbonyl (C=O) groups is 1. The lowest BCUT2D eigenvalue weighted by Crippen LogP contribution is -2.45. The van der Waals surface area contributed by atoms with Crippen LogP contribution in [0.15, 0.2) is 22.4 Å². The smallest absolute Gasteiger partial charge is 0.290 e. The molecule has 10 heteroatoms. The molecule has 2 aromatic rings. The molecule has 0 saturated carbocycles. The number of nitriles is 1. The minimum Gasteiger partial charge on any atom is -0.483 e. The summed E-state index contributed by atoms with van der Waals surface area (Å²) in [5.41, 5.74) is 1.25. The van der Waals surface area contributed by atoms with Crippen molar-refractivity contribution in [2.75, 3.05) is 19.7 Å². The zero-order valence-electron chi connectivity index (χ0n) is 16.2. The maximum absolute atomic E-state index is 13.0. The van der Waals surface area contributed by atoms with Crippen molar-refractivity contribution in [3.05, 3.63) is 29.3 Å². The zero-order chi connectivity index (χ0) is 21.2. The molecule has 3 heterocycles. The number of sulfonamides is 1. The van der Waals surface area contributed by atoms with Gasteiger partial charge in [-0.15, -0.1) is 11.3 Å². The van der Waals surface area contributed by atoms with Crippen LogP contribution in [-0.2, 0) is 19.6 Å². The molecule has 2 saturated heterocycles. The molecule has 2 N–H and O–H groups in total. The van der Waals surface area contributed by atoms with Crippen molar-refractivity contribution in [1.82, 2.24) is 9.62 Å². The molecule has 4 rings (SSSR count). The standard InChI is InChI=1S/C18H21N3O3S2.CH2O2/c1-11-8-21-9-14(6-15(21)10-24-11)20-26(22,23)18-12(2)16-5-13(7-19)3-4-17(16)25-18;2-1-3/h3-5,11,14-15,20H,6,8-10H2,1-2H3;1H,(H,2,3)/t11-,14-,15+;/m1./s1. The molecule has 2 fully saturated rings. The summed E-state index contributed by atoms with van der Waals surface area (Å²) in [4.78, 5) is 10.7. The van der Waals surface area contributed by atoms with Crippen LogP contribution in [0.3, 0.4) is 0 Å². The number of fused-ring (bicyclic) bond motifs is 2. The first-order valence-corrected chi connectivity index (χ1v) is 11.5. The first-order chi connectivity index (χ1) is 13.8. The van der Waals surface area contributed by atoms with Crippen LogP contribution >= 0.6 is 11.3 Å². The van der Waals surface area contributed by atoms with E-state index in [1.54, 1.807) is 12.1 Å². The van der Waals surface area contributed by atoms with E-state index in [4.69, 9.17) is 19.9 Å². The summed E-state index contributed by atoms with van der Waals surface area (Å²) in [5, 5.41) is 16.8. The Morgan fingerprint density at radius 2 is 2.14 bits per heavy atom. The van der Waals surface area contributed by atoms with Crippen LogP contribution in [0.5, 0.6) is 0 Å². The summed E-state index contributed by atoms with van der Waals surface area (Å²) in [5.74, 6) is 0. The average Bonchev–Trinajstić information content (AvgIpc) is 3.22. The van der Waals surface area contributed by atoms with Crippen molar-refractivity contribution in [1.29, 1.82) is 5.26 Å². The van der Waals surface area contributed by atoms with Gasteiger partial charge >= 0.3 is 0 Å². The van der Waals surface area contributed by atoms with Gasteiger partial charge in [0, 0.05) is 29.9 Å². The van der Waals surface area contributed by atoms with Crippen molar-refractivity contribution in [3.8, 4) is 6.07 Å². The molecule has 0 radical (unpaired) electrons. The van der Waals surface area contributed by atoms with Gasteiger partial charge in [-0.05, 0) is 49.4 Å². The van der Waals surface area contributed by atoms with Gasteiger partial charge in [-0.3, -0.25) is 9.69 Å². The van der Waals surface area contributed by atoms with E-state index in [0.29, 0.717) is 28.0 Å². The van der Waals surface area contributed by atoms with Crippen LogP contribution in [-0.4, -0.2) is 62.8 Å². The second-order valence-corrected chi connectivity index (χ2v) is 10.2. The molecule has 0 bridgehead atoms. The van der Waals surface area contributed by atoms with E-state index in [-0.39, 0.29) is 18.6 Å². The molecule has 0 aliphatic carbocycles. The van der Waals surface area contributed by atoms with Gasteiger partial charge in [-0.2, -0.15) is 5.26 Å². The summed E-state index contributed by atoms with van der Waals surface area (Å²) in [6, 6.07) is 7.60. The third-order valence-corrected chi connectivity index (χ3v) is 8.59. The van der Waals surface area contributed by atoms with Crippen molar-refractivity contribution < 1.29 is 23.1 Å². The van der Waals surface area contributed by atoms with Crippen LogP contribution in [0.2, 0.25) is 0 Å². The number of nitrogens with zero attached hydrogens (tertiary/aromatic N) is 2. The first-order valence-electron chi connectivity index (χ1n) is 9.18. The molecule has 2 aliphatic rings. The Kier molecular flexibility index (Phi) is 6.55. The number of nitrogens with one attached hydrogen (secondary N) is 1. The van der Waals surface area contributed by atoms with Crippen LogP contribution in [0.25, 0.3) is 10.1 Å². The highest BCUT2D eigenvalue weighted by Gasteiger charge is 2.38. The van der Waals surface area contributed by atoms with Crippen molar-refractivity contribution >= 4 is 37.9 Å². The largest absolute Gasteiger partial charge is 0.483 e. The molecule has 29 heavy (non-hydrogen) atoms. The van der Waals surface area contributed by atoms with Gasteiger partial charge < -0.3 is 9.84 Å². The molecule has 0 spiro atoms. The molecule has 3 atom stereocenters. The molecule has 156 valence electrons. The monoisotopic (exact) mass is 437 g/mol. The molecule has 0 amide bonds. The quantitative estimate of drug-likeness (QED) is 0.704. The predicted octanol–water partition coefficient (Wildman–Crippen LogP) is 1.92. The van der Waals surface area contributed by atoms with Gasteiger partial charge in [0.2, 0.25) is 0 Å². The van der Waals surface area contributed by atoms with E-state index in [9.17, 15) is 8.42 Å². The molecule has 1 aromatic carbocycles. The Bertz CT molecular complexity index is 1040.